The van der Waals surface area contributed by atoms with Gasteiger partial charge in [-0.1, -0.05) is 24.2 Å². The molecule has 0 saturated carbocycles. The van der Waals surface area contributed by atoms with Crippen molar-refractivity contribution < 1.29 is 27.3 Å². The molecule has 1 atom stereocenters. The van der Waals surface area contributed by atoms with Crippen LogP contribution in [0.5, 0.6) is 0 Å². The number of nitrogens with one attached hydrogen (secondary N) is 2. The van der Waals surface area contributed by atoms with Crippen LogP contribution in [-0.2, 0) is 30.8 Å². The molecule has 1 aromatic carbocycles. The average Bonchev–Trinajstić information content (AvgIpc) is 3.01. The van der Waals surface area contributed by atoms with Crippen molar-refractivity contribution in [3.63, 3.8) is 0 Å². The van der Waals surface area contributed by atoms with Crippen LogP contribution in [0.1, 0.15) is 37.3 Å². The topological polar surface area (TPSA) is 128 Å². The summed E-state index contributed by atoms with van der Waals surface area (Å²) in [5.41, 5.74) is 1.97. The molecule has 0 radical (unpaired) electrons. The van der Waals surface area contributed by atoms with Crippen molar-refractivity contribution in [1.29, 1.82) is 0 Å². The molecular formula is C19H25N3O6S. The second-order valence-corrected chi connectivity index (χ2v) is 8.18. The zero-order valence-electron chi connectivity index (χ0n) is 16.8. The Labute approximate surface area is 169 Å². The summed E-state index contributed by atoms with van der Waals surface area (Å²) in [4.78, 5) is 24.0. The summed E-state index contributed by atoms with van der Waals surface area (Å²) in [6.07, 6.45) is -0.360. The lowest BCUT2D eigenvalue weighted by atomic mass is 10.1. The Morgan fingerprint density at radius 3 is 2.41 bits per heavy atom. The van der Waals surface area contributed by atoms with E-state index in [0.29, 0.717) is 5.69 Å². The number of amides is 1. The number of hydrogen-bond donors (Lipinski definition) is 2. The number of carbonyl (C=O) groups is 2. The van der Waals surface area contributed by atoms with Crippen LogP contribution in [-0.4, -0.2) is 38.1 Å². The Kier molecular flexibility index (Phi) is 7.52. The van der Waals surface area contributed by atoms with Gasteiger partial charge in [-0.05, 0) is 44.9 Å². The zero-order valence-corrected chi connectivity index (χ0v) is 17.6. The molecule has 0 unspecified atom stereocenters. The molecule has 1 amide bonds. The predicted octanol–water partition coefficient (Wildman–Crippen LogP) is 2.09. The van der Waals surface area contributed by atoms with Crippen LogP contribution in [0.4, 0.5) is 5.69 Å². The van der Waals surface area contributed by atoms with Crippen LogP contribution in [0.2, 0.25) is 0 Å². The molecule has 10 heteroatoms. The first-order chi connectivity index (χ1) is 13.6. The lowest BCUT2D eigenvalue weighted by Crippen LogP contribution is -2.32. The maximum absolute atomic E-state index is 12.3. The van der Waals surface area contributed by atoms with E-state index in [1.165, 1.54) is 20.8 Å². The van der Waals surface area contributed by atoms with Gasteiger partial charge in [-0.15, -0.1) is 0 Å². The lowest BCUT2D eigenvalue weighted by Gasteiger charge is -2.14. The second-order valence-electron chi connectivity index (χ2n) is 6.47. The minimum absolute atomic E-state index is 0.0484. The van der Waals surface area contributed by atoms with Crippen molar-refractivity contribution in [2.75, 3.05) is 11.9 Å². The minimum atomic E-state index is -3.86. The Hall–Kier alpha value is -2.72. The van der Waals surface area contributed by atoms with Gasteiger partial charge < -0.3 is 14.6 Å². The van der Waals surface area contributed by atoms with Crippen LogP contribution >= 0.6 is 0 Å². The Balaban J connectivity index is 1.81. The van der Waals surface area contributed by atoms with Crippen molar-refractivity contribution in [1.82, 2.24) is 9.88 Å². The highest BCUT2D eigenvalue weighted by Crippen LogP contribution is 2.18. The molecule has 9 nitrogen and oxygen atoms in total. The molecule has 1 aromatic heterocycles. The molecule has 2 N–H and O–H groups in total. The maximum atomic E-state index is 12.3. The maximum Gasteiger partial charge on any atom is 0.307 e. The number of hydrogen-bond acceptors (Lipinski definition) is 7. The van der Waals surface area contributed by atoms with Gasteiger partial charge in [0.05, 0.1) is 6.42 Å². The Morgan fingerprint density at radius 1 is 1.21 bits per heavy atom. The first-order valence-electron chi connectivity index (χ1n) is 9.16. The SMILES string of the molecule is CCc1ccc(NC(=O)[C@H](C)OC(=O)CCNS(=O)(=O)c2c(C)noc2C)cc1. The van der Waals surface area contributed by atoms with E-state index in [9.17, 15) is 18.0 Å². The standard InChI is InChI=1S/C19H25N3O6S/c1-5-15-6-8-16(9-7-15)21-19(24)14(4)27-17(23)10-11-20-29(25,26)18-12(2)22-28-13(18)3/h6-9,14,20H,5,10-11H2,1-4H3,(H,21,24)/t14-/m0/s1. The minimum Gasteiger partial charge on any atom is -0.452 e. The molecule has 29 heavy (non-hydrogen) atoms. The fourth-order valence-corrected chi connectivity index (χ4v) is 3.95. The van der Waals surface area contributed by atoms with Gasteiger partial charge in [-0.2, -0.15) is 0 Å². The average molecular weight is 423 g/mol. The zero-order chi connectivity index (χ0) is 21.6. The van der Waals surface area contributed by atoms with Gasteiger partial charge in [0.15, 0.2) is 11.9 Å². The van der Waals surface area contributed by atoms with E-state index in [2.05, 4.69) is 15.2 Å². The number of benzene rings is 1. The van der Waals surface area contributed by atoms with E-state index in [1.54, 1.807) is 12.1 Å². The monoisotopic (exact) mass is 423 g/mol. The van der Waals surface area contributed by atoms with Gasteiger partial charge in [0.2, 0.25) is 10.0 Å². The normalized spacial score (nSPS) is 12.4. The number of aryl methyl sites for hydroxylation is 3. The number of nitrogens with zero attached hydrogens (tertiary/aromatic N) is 1. The van der Waals surface area contributed by atoms with E-state index in [-0.39, 0.29) is 29.3 Å². The summed E-state index contributed by atoms with van der Waals surface area (Å²) in [6, 6.07) is 7.35. The summed E-state index contributed by atoms with van der Waals surface area (Å²) in [5, 5.41) is 6.26. The van der Waals surface area contributed by atoms with Crippen molar-refractivity contribution >= 4 is 27.6 Å². The van der Waals surface area contributed by atoms with Crippen LogP contribution in [0, 0.1) is 13.8 Å². The van der Waals surface area contributed by atoms with Crippen molar-refractivity contribution in [3.05, 3.63) is 41.3 Å². The van der Waals surface area contributed by atoms with E-state index in [4.69, 9.17) is 9.26 Å². The molecule has 0 aliphatic rings. The van der Waals surface area contributed by atoms with Crippen molar-refractivity contribution in [2.24, 2.45) is 0 Å². The number of rotatable bonds is 9. The van der Waals surface area contributed by atoms with E-state index in [1.807, 2.05) is 19.1 Å². The molecular weight excluding hydrogens is 398 g/mol. The van der Waals surface area contributed by atoms with Crippen LogP contribution < -0.4 is 10.0 Å². The fraction of sp³-hybridized carbons (Fsp3) is 0.421. The molecule has 2 rings (SSSR count). The van der Waals surface area contributed by atoms with Crippen molar-refractivity contribution in [2.45, 2.75) is 51.5 Å². The number of esters is 1. The van der Waals surface area contributed by atoms with Crippen LogP contribution in [0.3, 0.4) is 0 Å². The van der Waals surface area contributed by atoms with E-state index < -0.39 is 28.0 Å². The van der Waals surface area contributed by atoms with E-state index >= 15 is 0 Å². The lowest BCUT2D eigenvalue weighted by molar-refractivity contribution is -0.152. The number of carbonyl (C=O) groups excluding carboxylic acids is 2. The molecule has 0 saturated heterocycles. The molecule has 0 bridgehead atoms. The fourth-order valence-electron chi connectivity index (χ4n) is 2.60. The number of ether oxygens (including phenoxy) is 1. The molecule has 0 spiro atoms. The highest BCUT2D eigenvalue weighted by molar-refractivity contribution is 7.89. The van der Waals surface area contributed by atoms with Gasteiger partial charge in [0.1, 0.15) is 10.6 Å². The largest absolute Gasteiger partial charge is 0.452 e. The Morgan fingerprint density at radius 2 is 1.86 bits per heavy atom. The summed E-state index contributed by atoms with van der Waals surface area (Å²) in [6.45, 7) is 6.29. The first-order valence-corrected chi connectivity index (χ1v) is 10.6. The quantitative estimate of drug-likeness (QED) is 0.591. The molecule has 0 aliphatic heterocycles. The number of aromatic nitrogens is 1. The summed E-state index contributed by atoms with van der Waals surface area (Å²) >= 11 is 0. The van der Waals surface area contributed by atoms with Crippen LogP contribution in [0.15, 0.2) is 33.7 Å². The van der Waals surface area contributed by atoms with Gasteiger partial charge >= 0.3 is 5.97 Å². The van der Waals surface area contributed by atoms with Crippen molar-refractivity contribution in [3.8, 4) is 0 Å². The molecule has 0 fully saturated rings. The van der Waals surface area contributed by atoms with Gasteiger partial charge in [-0.3, -0.25) is 9.59 Å². The summed E-state index contributed by atoms with van der Waals surface area (Å²) in [5.74, 6) is -1.01. The second kappa shape index (κ2) is 9.66. The number of anilines is 1. The highest BCUT2D eigenvalue weighted by Gasteiger charge is 2.24. The van der Waals surface area contributed by atoms with Crippen LogP contribution in [0.25, 0.3) is 0 Å². The number of sulfonamides is 1. The first kappa shape index (κ1) is 22.6. The third kappa shape index (κ3) is 6.13. The molecule has 1 heterocycles. The van der Waals surface area contributed by atoms with Gasteiger partial charge in [-0.25, -0.2) is 13.1 Å². The third-order valence-electron chi connectivity index (χ3n) is 4.16. The van der Waals surface area contributed by atoms with Gasteiger partial charge in [0, 0.05) is 12.2 Å². The van der Waals surface area contributed by atoms with Gasteiger partial charge in [0.25, 0.3) is 5.91 Å². The Bertz CT molecular complexity index is 947. The third-order valence-corrected chi connectivity index (χ3v) is 5.87. The highest BCUT2D eigenvalue weighted by atomic mass is 32.2. The predicted molar refractivity (Wildman–Crippen MR) is 106 cm³/mol. The van der Waals surface area contributed by atoms with E-state index in [0.717, 1.165) is 12.0 Å². The molecule has 0 aliphatic carbocycles. The molecule has 158 valence electrons. The molecule has 2 aromatic rings. The summed E-state index contributed by atoms with van der Waals surface area (Å²) in [7, 11) is -3.86. The smallest absolute Gasteiger partial charge is 0.307 e. The summed E-state index contributed by atoms with van der Waals surface area (Å²) < 4.78 is 36.7.